The minimum absolute atomic E-state index is 1.25. The van der Waals surface area contributed by atoms with Gasteiger partial charge in [-0.2, -0.15) is 0 Å². The molecule has 1 heterocycles. The Morgan fingerprint density at radius 2 is 1.93 bits per heavy atom. The molecule has 2 rings (SSSR count). The van der Waals surface area contributed by atoms with Gasteiger partial charge in [0.25, 0.3) is 0 Å². The number of thioether (sulfide) groups is 1. The van der Waals surface area contributed by atoms with Crippen molar-refractivity contribution < 1.29 is 0 Å². The second-order valence-electron chi connectivity index (χ2n) is 3.81. The van der Waals surface area contributed by atoms with Crippen molar-refractivity contribution in [3.63, 3.8) is 0 Å². The van der Waals surface area contributed by atoms with Crippen LogP contribution >= 0.6 is 11.8 Å². The quantitative estimate of drug-likeness (QED) is 0.645. The molecule has 0 aromatic rings. The van der Waals surface area contributed by atoms with E-state index >= 15 is 0 Å². The van der Waals surface area contributed by atoms with E-state index in [-0.39, 0.29) is 0 Å². The maximum Gasteiger partial charge on any atom is 0.0612 e. The predicted molar refractivity (Wildman–Crippen MR) is 64.9 cm³/mol. The van der Waals surface area contributed by atoms with Gasteiger partial charge in [0.05, 0.1) is 5.25 Å². The molecular weight excluding hydrogens is 188 g/mol. The molecule has 0 spiro atoms. The van der Waals surface area contributed by atoms with Gasteiger partial charge in [0.2, 0.25) is 0 Å². The smallest absolute Gasteiger partial charge is 0.0612 e. The number of fused-ring (bicyclic) bond motifs is 1. The van der Waals surface area contributed by atoms with Crippen LogP contribution in [0.25, 0.3) is 0 Å². The van der Waals surface area contributed by atoms with Crippen LogP contribution in [0.1, 0.15) is 39.5 Å². The maximum absolute atomic E-state index is 2.27. The van der Waals surface area contributed by atoms with Crippen molar-refractivity contribution in [3.8, 4) is 0 Å². The average molecular weight is 205 g/mol. The fourth-order valence-electron chi connectivity index (χ4n) is 2.04. The van der Waals surface area contributed by atoms with Gasteiger partial charge in [-0.25, -0.2) is 0 Å². The molecule has 2 aliphatic rings. The summed E-state index contributed by atoms with van der Waals surface area (Å²) in [7, 11) is 0. The second kappa shape index (κ2) is 4.39. The van der Waals surface area contributed by atoms with Gasteiger partial charge in [0.15, 0.2) is 0 Å². The van der Waals surface area contributed by atoms with Crippen LogP contribution in [-0.2, 0) is 0 Å². The minimum atomic E-state index is 1.25. The summed E-state index contributed by atoms with van der Waals surface area (Å²) < 4.78 is 0. The van der Waals surface area contributed by atoms with Crippen molar-refractivity contribution in [2.45, 2.75) is 39.5 Å². The lowest BCUT2D eigenvalue weighted by molar-refractivity contribution is 0.833. The first-order valence-electron chi connectivity index (χ1n) is 5.52. The highest BCUT2D eigenvalue weighted by molar-refractivity contribution is 8.06. The van der Waals surface area contributed by atoms with Gasteiger partial charge in [-0.3, -0.25) is 0 Å². The SMILES string of the molecule is CCC[C]1SC2=CC=CC2=C1CCC. The average Bonchev–Trinajstić information content (AvgIpc) is 2.71. The first-order chi connectivity index (χ1) is 6.86. The molecule has 0 aromatic carbocycles. The summed E-state index contributed by atoms with van der Waals surface area (Å²) in [6.07, 6.45) is 11.7. The van der Waals surface area contributed by atoms with Gasteiger partial charge in [-0.1, -0.05) is 38.8 Å². The number of hydrogen-bond donors (Lipinski definition) is 0. The molecule has 0 saturated heterocycles. The predicted octanol–water partition coefficient (Wildman–Crippen LogP) is 4.62. The third-order valence-corrected chi connectivity index (χ3v) is 3.92. The molecule has 0 bridgehead atoms. The highest BCUT2D eigenvalue weighted by atomic mass is 32.2. The largest absolute Gasteiger partial charge is 0.112 e. The van der Waals surface area contributed by atoms with Crippen LogP contribution in [0.15, 0.2) is 34.3 Å². The van der Waals surface area contributed by atoms with E-state index in [4.69, 9.17) is 0 Å². The lowest BCUT2D eigenvalue weighted by atomic mass is 9.98. The van der Waals surface area contributed by atoms with E-state index in [9.17, 15) is 0 Å². The highest BCUT2D eigenvalue weighted by Gasteiger charge is 2.29. The number of allylic oxidation sites excluding steroid dienone is 4. The van der Waals surface area contributed by atoms with Crippen LogP contribution in [0, 0.1) is 5.25 Å². The molecule has 75 valence electrons. The van der Waals surface area contributed by atoms with Gasteiger partial charge in [0, 0.05) is 4.91 Å². The fourth-order valence-corrected chi connectivity index (χ4v) is 3.39. The van der Waals surface area contributed by atoms with Crippen molar-refractivity contribution in [2.75, 3.05) is 0 Å². The van der Waals surface area contributed by atoms with E-state index in [1.54, 1.807) is 10.8 Å². The Morgan fingerprint density at radius 1 is 1.14 bits per heavy atom. The van der Waals surface area contributed by atoms with Gasteiger partial charge < -0.3 is 0 Å². The van der Waals surface area contributed by atoms with Crippen molar-refractivity contribution in [3.05, 3.63) is 39.5 Å². The van der Waals surface area contributed by atoms with Crippen LogP contribution in [-0.4, -0.2) is 0 Å². The molecule has 1 aliphatic heterocycles. The molecule has 0 N–H and O–H groups in total. The zero-order valence-corrected chi connectivity index (χ0v) is 9.79. The van der Waals surface area contributed by atoms with Gasteiger partial charge in [-0.05, 0) is 30.1 Å². The monoisotopic (exact) mass is 205 g/mol. The van der Waals surface area contributed by atoms with E-state index in [1.165, 1.54) is 36.2 Å². The Balaban J connectivity index is 2.21. The van der Waals surface area contributed by atoms with Crippen LogP contribution in [0.3, 0.4) is 0 Å². The summed E-state index contributed by atoms with van der Waals surface area (Å²) in [5.74, 6) is 0. The number of rotatable bonds is 4. The van der Waals surface area contributed by atoms with Crippen molar-refractivity contribution >= 4 is 11.8 Å². The van der Waals surface area contributed by atoms with Crippen LogP contribution in [0.4, 0.5) is 0 Å². The molecule has 1 radical (unpaired) electrons. The van der Waals surface area contributed by atoms with E-state index in [0.717, 1.165) is 0 Å². The normalized spacial score (nSPS) is 20.6. The van der Waals surface area contributed by atoms with Crippen LogP contribution in [0.5, 0.6) is 0 Å². The molecule has 0 nitrogen and oxygen atoms in total. The molecule has 1 aliphatic carbocycles. The van der Waals surface area contributed by atoms with Crippen LogP contribution < -0.4 is 0 Å². The maximum atomic E-state index is 2.27. The first-order valence-corrected chi connectivity index (χ1v) is 6.34. The standard InChI is InChI=1S/C13H17S/c1-3-6-10-11-8-5-9-13(11)14-12(10)7-4-2/h5,8-9H,3-4,6-7H2,1-2H3. The molecule has 0 fully saturated rings. The lowest BCUT2D eigenvalue weighted by Gasteiger charge is -2.11. The zero-order chi connectivity index (χ0) is 9.97. The molecule has 0 aromatic heterocycles. The Kier molecular flexibility index (Phi) is 3.17. The van der Waals surface area contributed by atoms with Gasteiger partial charge in [-0.15, -0.1) is 11.8 Å². The summed E-state index contributed by atoms with van der Waals surface area (Å²) in [5.41, 5.74) is 3.14. The Labute approximate surface area is 91.2 Å². The summed E-state index contributed by atoms with van der Waals surface area (Å²) in [4.78, 5) is 1.48. The fraction of sp³-hybridized carbons (Fsp3) is 0.462. The van der Waals surface area contributed by atoms with E-state index < -0.39 is 0 Å². The topological polar surface area (TPSA) is 0 Å². The van der Waals surface area contributed by atoms with Crippen molar-refractivity contribution in [1.29, 1.82) is 0 Å². The molecular formula is C13H17S. The van der Waals surface area contributed by atoms with Gasteiger partial charge >= 0.3 is 0 Å². The first kappa shape index (κ1) is 10.1. The van der Waals surface area contributed by atoms with Gasteiger partial charge in [0.1, 0.15) is 0 Å². The summed E-state index contributed by atoms with van der Waals surface area (Å²) in [5, 5.41) is 1.62. The van der Waals surface area contributed by atoms with Crippen LogP contribution in [0.2, 0.25) is 0 Å². The number of hydrogen-bond acceptors (Lipinski definition) is 1. The second-order valence-corrected chi connectivity index (χ2v) is 4.94. The zero-order valence-electron chi connectivity index (χ0n) is 8.97. The Bertz CT molecular complexity index is 307. The molecule has 0 saturated carbocycles. The Morgan fingerprint density at radius 3 is 2.64 bits per heavy atom. The Hall–Kier alpha value is -0.430. The highest BCUT2D eigenvalue weighted by Crippen LogP contribution is 2.52. The summed E-state index contributed by atoms with van der Waals surface area (Å²) in [6.45, 7) is 4.53. The summed E-state index contributed by atoms with van der Waals surface area (Å²) >= 11 is 2.00. The van der Waals surface area contributed by atoms with Crippen molar-refractivity contribution in [1.82, 2.24) is 0 Å². The third-order valence-electron chi connectivity index (χ3n) is 2.65. The lowest BCUT2D eigenvalue weighted by Crippen LogP contribution is -1.93. The van der Waals surface area contributed by atoms with Crippen molar-refractivity contribution in [2.24, 2.45) is 0 Å². The molecule has 0 unspecified atom stereocenters. The molecule has 0 atom stereocenters. The van der Waals surface area contributed by atoms with E-state index in [0.29, 0.717) is 0 Å². The minimum Gasteiger partial charge on any atom is -0.112 e. The molecule has 1 heteroatoms. The molecule has 14 heavy (non-hydrogen) atoms. The molecule has 0 amide bonds. The van der Waals surface area contributed by atoms with E-state index in [1.807, 2.05) is 11.8 Å². The van der Waals surface area contributed by atoms with E-state index in [2.05, 4.69) is 32.1 Å². The third kappa shape index (κ3) is 1.70. The summed E-state index contributed by atoms with van der Waals surface area (Å²) in [6, 6.07) is 0.